The second-order valence-corrected chi connectivity index (χ2v) is 6.08. The van der Waals surface area contributed by atoms with Crippen LogP contribution in [-0.2, 0) is 14.2 Å². The average Bonchev–Trinajstić information content (AvgIpc) is 2.51. The molecule has 0 aliphatic carbocycles. The van der Waals surface area contributed by atoms with Gasteiger partial charge in [0.15, 0.2) is 0 Å². The number of hydrogen-bond acceptors (Lipinski definition) is 5. The van der Waals surface area contributed by atoms with Crippen LogP contribution < -0.4 is 0 Å². The van der Waals surface area contributed by atoms with Gasteiger partial charge in [-0.3, -0.25) is 0 Å². The molecule has 0 saturated carbocycles. The predicted molar refractivity (Wildman–Crippen MR) is 91.1 cm³/mol. The van der Waals surface area contributed by atoms with E-state index in [4.69, 9.17) is 14.2 Å². The molecular weight excluding hydrogens is 399 g/mol. The number of rotatable bonds is 8. The lowest BCUT2D eigenvalue weighted by atomic mass is 10.1. The summed E-state index contributed by atoms with van der Waals surface area (Å²) in [6.45, 7) is 4.46. The molecule has 0 aliphatic rings. The Hall–Kier alpha value is -1.15. The molecule has 0 aliphatic heterocycles. The van der Waals surface area contributed by atoms with E-state index < -0.39 is 11.9 Å². The molecule has 5 nitrogen and oxygen atoms in total. The molecule has 1 atom stereocenters. The van der Waals surface area contributed by atoms with E-state index in [0.29, 0.717) is 24.2 Å². The Balaban J connectivity index is 2.71. The first-order chi connectivity index (χ1) is 10.5. The molecule has 6 heteroatoms. The fourth-order valence-electron chi connectivity index (χ4n) is 1.62. The summed E-state index contributed by atoms with van der Waals surface area (Å²) >= 11 is 2.05. The number of esters is 2. The first-order valence-electron chi connectivity index (χ1n) is 7.15. The number of methoxy groups -OCH3 is 1. The summed E-state index contributed by atoms with van der Waals surface area (Å²) < 4.78 is 16.1. The van der Waals surface area contributed by atoms with Gasteiger partial charge in [-0.05, 0) is 54.1 Å². The van der Waals surface area contributed by atoms with E-state index in [9.17, 15) is 9.59 Å². The minimum absolute atomic E-state index is 0.0308. The van der Waals surface area contributed by atoms with Gasteiger partial charge in [0.2, 0.25) is 0 Å². The van der Waals surface area contributed by atoms with Gasteiger partial charge in [0.1, 0.15) is 0 Å². The molecule has 0 aromatic heterocycles. The molecule has 1 aromatic rings. The Morgan fingerprint density at radius 1 is 1.09 bits per heavy atom. The predicted octanol–water partition coefficient (Wildman–Crippen LogP) is 3.44. The minimum Gasteiger partial charge on any atom is -0.462 e. The highest BCUT2D eigenvalue weighted by atomic mass is 127. The third-order valence-corrected chi connectivity index (χ3v) is 3.59. The number of halogens is 1. The molecule has 22 heavy (non-hydrogen) atoms. The molecule has 0 spiro atoms. The van der Waals surface area contributed by atoms with E-state index in [-0.39, 0.29) is 12.7 Å². The zero-order valence-corrected chi connectivity index (χ0v) is 15.2. The van der Waals surface area contributed by atoms with E-state index in [0.717, 1.165) is 9.99 Å². The van der Waals surface area contributed by atoms with Gasteiger partial charge in [0.05, 0.1) is 30.4 Å². The van der Waals surface area contributed by atoms with Crippen molar-refractivity contribution >= 4 is 34.5 Å². The molecule has 122 valence electrons. The topological polar surface area (TPSA) is 61.8 Å². The van der Waals surface area contributed by atoms with Gasteiger partial charge in [-0.1, -0.05) is 6.92 Å². The van der Waals surface area contributed by atoms with Crippen LogP contribution in [0.5, 0.6) is 0 Å². The largest absolute Gasteiger partial charge is 0.462 e. The zero-order chi connectivity index (χ0) is 16.5. The Bertz CT molecular complexity index is 515. The van der Waals surface area contributed by atoms with Gasteiger partial charge >= 0.3 is 11.9 Å². The normalized spacial score (nSPS) is 11.8. The summed E-state index contributed by atoms with van der Waals surface area (Å²) in [4.78, 5) is 23.9. The first-order valence-corrected chi connectivity index (χ1v) is 8.23. The third kappa shape index (κ3) is 6.31. The highest BCUT2D eigenvalue weighted by Gasteiger charge is 2.14. The summed E-state index contributed by atoms with van der Waals surface area (Å²) in [5, 5.41) is 0. The molecule has 1 aromatic carbocycles. The van der Waals surface area contributed by atoms with Gasteiger partial charge in [-0.25, -0.2) is 9.59 Å². The zero-order valence-electron chi connectivity index (χ0n) is 13.1. The lowest BCUT2D eigenvalue weighted by molar-refractivity contribution is 0.0391. The molecule has 0 fully saturated rings. The van der Waals surface area contributed by atoms with E-state index in [1.165, 1.54) is 6.07 Å². The van der Waals surface area contributed by atoms with Crippen molar-refractivity contribution in [2.24, 2.45) is 0 Å². The molecule has 0 radical (unpaired) electrons. The van der Waals surface area contributed by atoms with E-state index >= 15 is 0 Å². The van der Waals surface area contributed by atoms with Crippen LogP contribution in [0.4, 0.5) is 0 Å². The van der Waals surface area contributed by atoms with Crippen molar-refractivity contribution in [3.63, 3.8) is 0 Å². The van der Waals surface area contributed by atoms with Gasteiger partial charge in [0, 0.05) is 17.1 Å². The fourth-order valence-corrected chi connectivity index (χ4v) is 2.29. The van der Waals surface area contributed by atoms with Gasteiger partial charge in [0.25, 0.3) is 0 Å². The van der Waals surface area contributed by atoms with Gasteiger partial charge < -0.3 is 14.2 Å². The van der Waals surface area contributed by atoms with Crippen molar-refractivity contribution in [3.05, 3.63) is 32.9 Å². The third-order valence-electron chi connectivity index (χ3n) is 2.97. The average molecular weight is 420 g/mol. The second kappa shape index (κ2) is 9.78. The molecule has 0 saturated heterocycles. The maximum absolute atomic E-state index is 12.0. The number of hydrogen-bond donors (Lipinski definition) is 0. The molecule has 1 rings (SSSR count). The summed E-state index contributed by atoms with van der Waals surface area (Å²) in [6.07, 6.45) is 1.41. The van der Waals surface area contributed by atoms with Gasteiger partial charge in [-0.15, -0.1) is 0 Å². The highest BCUT2D eigenvalue weighted by Crippen LogP contribution is 2.15. The Kier molecular flexibility index (Phi) is 8.40. The van der Waals surface area contributed by atoms with Crippen LogP contribution in [0.3, 0.4) is 0 Å². The molecular formula is C16H21IO5. The Morgan fingerprint density at radius 2 is 1.64 bits per heavy atom. The maximum atomic E-state index is 12.0. The summed E-state index contributed by atoms with van der Waals surface area (Å²) in [6, 6.07) is 4.86. The number of benzene rings is 1. The van der Waals surface area contributed by atoms with Crippen LogP contribution in [0.1, 0.15) is 47.4 Å². The molecule has 0 amide bonds. The van der Waals surface area contributed by atoms with Crippen molar-refractivity contribution in [2.75, 3.05) is 20.3 Å². The Labute approximate surface area is 144 Å². The summed E-state index contributed by atoms with van der Waals surface area (Å²) in [5.41, 5.74) is 0.706. The van der Waals surface area contributed by atoms with Crippen LogP contribution in [0.25, 0.3) is 0 Å². The van der Waals surface area contributed by atoms with Crippen LogP contribution in [0.2, 0.25) is 0 Å². The smallest absolute Gasteiger partial charge is 0.338 e. The van der Waals surface area contributed by atoms with Crippen LogP contribution in [0.15, 0.2) is 18.2 Å². The maximum Gasteiger partial charge on any atom is 0.338 e. The standard InChI is InChI=1S/C16H21IO5/c1-4-6-21-15(18)12-8-13(10-14(17)9-12)16(19)22-7-5-11(2)20-3/h8-11H,4-7H2,1-3H3. The van der Waals surface area contributed by atoms with E-state index in [1.807, 2.05) is 13.8 Å². The molecule has 0 bridgehead atoms. The van der Waals surface area contributed by atoms with Crippen LogP contribution >= 0.6 is 22.6 Å². The quantitative estimate of drug-likeness (QED) is 0.477. The van der Waals surface area contributed by atoms with Crippen LogP contribution in [0, 0.1) is 3.57 Å². The lowest BCUT2D eigenvalue weighted by Crippen LogP contribution is -2.14. The lowest BCUT2D eigenvalue weighted by Gasteiger charge is -2.10. The highest BCUT2D eigenvalue weighted by molar-refractivity contribution is 14.1. The molecule has 0 heterocycles. The SMILES string of the molecule is CCCOC(=O)c1cc(I)cc(C(=O)OCCC(C)OC)c1. The van der Waals surface area contributed by atoms with Gasteiger partial charge in [-0.2, -0.15) is 0 Å². The van der Waals surface area contributed by atoms with E-state index in [1.54, 1.807) is 19.2 Å². The molecule has 0 N–H and O–H groups in total. The summed E-state index contributed by atoms with van der Waals surface area (Å²) in [7, 11) is 1.61. The molecule has 1 unspecified atom stereocenters. The van der Waals surface area contributed by atoms with Crippen molar-refractivity contribution in [2.45, 2.75) is 32.8 Å². The minimum atomic E-state index is -0.452. The number of ether oxygens (including phenoxy) is 3. The fraction of sp³-hybridized carbons (Fsp3) is 0.500. The van der Waals surface area contributed by atoms with Crippen molar-refractivity contribution in [1.29, 1.82) is 0 Å². The number of carbonyl (C=O) groups is 2. The second-order valence-electron chi connectivity index (χ2n) is 4.84. The van der Waals surface area contributed by atoms with E-state index in [2.05, 4.69) is 22.6 Å². The van der Waals surface area contributed by atoms with Crippen molar-refractivity contribution in [3.8, 4) is 0 Å². The van der Waals surface area contributed by atoms with Crippen LogP contribution in [-0.4, -0.2) is 38.4 Å². The van der Waals surface area contributed by atoms with Crippen molar-refractivity contribution < 1.29 is 23.8 Å². The summed E-state index contributed by atoms with van der Waals surface area (Å²) in [5.74, 6) is -0.881. The monoisotopic (exact) mass is 420 g/mol. The number of carbonyl (C=O) groups excluding carboxylic acids is 2. The van der Waals surface area contributed by atoms with Crippen molar-refractivity contribution in [1.82, 2.24) is 0 Å². The first kappa shape index (κ1) is 18.9. The Morgan fingerprint density at radius 3 is 2.14 bits per heavy atom.